The van der Waals surface area contributed by atoms with E-state index in [0.29, 0.717) is 17.7 Å². The quantitative estimate of drug-likeness (QED) is 0.436. The van der Waals surface area contributed by atoms with Crippen molar-refractivity contribution in [3.05, 3.63) is 29.6 Å². The number of pyridine rings is 1. The van der Waals surface area contributed by atoms with Crippen molar-refractivity contribution >= 4 is 17.6 Å². The molecule has 3 nitrogen and oxygen atoms in total. The summed E-state index contributed by atoms with van der Waals surface area (Å²) in [5.41, 5.74) is 1.06. The van der Waals surface area contributed by atoms with E-state index in [2.05, 4.69) is 16.8 Å². The van der Waals surface area contributed by atoms with Crippen LogP contribution in [0.2, 0.25) is 0 Å². The van der Waals surface area contributed by atoms with Gasteiger partial charge in [-0.1, -0.05) is 11.8 Å². The molecule has 0 fully saturated rings. The molecule has 0 aliphatic rings. The second-order valence-electron chi connectivity index (χ2n) is 2.62. The fraction of sp³-hybridized carbons (Fsp3) is 0.273. The molecule has 1 aromatic heterocycles. The zero-order valence-corrected chi connectivity index (χ0v) is 9.04. The highest BCUT2D eigenvalue weighted by atomic mass is 35.5. The summed E-state index contributed by atoms with van der Waals surface area (Å²) in [6, 6.07) is 1.63. The molecule has 0 N–H and O–H groups in total. The number of rotatable bonds is 2. The van der Waals surface area contributed by atoms with Gasteiger partial charge in [-0.15, -0.1) is 11.6 Å². The van der Waals surface area contributed by atoms with Gasteiger partial charge in [0.25, 0.3) is 0 Å². The van der Waals surface area contributed by atoms with Gasteiger partial charge in [-0.25, -0.2) is 4.79 Å². The third-order valence-corrected chi connectivity index (χ3v) is 1.68. The first-order chi connectivity index (χ1) is 7.27. The molecule has 0 atom stereocenters. The Morgan fingerprint density at radius 1 is 1.60 bits per heavy atom. The Kier molecular flexibility index (Phi) is 4.65. The van der Waals surface area contributed by atoms with E-state index in [9.17, 15) is 4.79 Å². The minimum atomic E-state index is -0.389. The first-order valence-electron chi connectivity index (χ1n) is 4.45. The predicted octanol–water partition coefficient (Wildman–Crippen LogP) is 1.85. The Bertz CT molecular complexity index is 407. The van der Waals surface area contributed by atoms with Gasteiger partial charge in [0, 0.05) is 18.0 Å². The summed E-state index contributed by atoms with van der Waals surface area (Å²) in [5.74, 6) is 5.33. The number of esters is 1. The van der Waals surface area contributed by atoms with Crippen LogP contribution in [-0.2, 0) is 4.74 Å². The van der Waals surface area contributed by atoms with Gasteiger partial charge in [-0.2, -0.15) is 0 Å². The highest BCUT2D eigenvalue weighted by Crippen LogP contribution is 2.03. The van der Waals surface area contributed by atoms with Crippen molar-refractivity contribution in [2.45, 2.75) is 6.92 Å². The fourth-order valence-electron chi connectivity index (χ4n) is 0.970. The van der Waals surface area contributed by atoms with E-state index in [1.165, 1.54) is 6.20 Å². The number of alkyl halides is 1. The summed E-state index contributed by atoms with van der Waals surface area (Å²) >= 11 is 5.42. The van der Waals surface area contributed by atoms with E-state index in [1.54, 1.807) is 19.2 Å². The van der Waals surface area contributed by atoms with Crippen LogP contribution in [0.1, 0.15) is 22.8 Å². The third kappa shape index (κ3) is 3.61. The van der Waals surface area contributed by atoms with Crippen LogP contribution in [0.4, 0.5) is 0 Å². The van der Waals surface area contributed by atoms with Crippen molar-refractivity contribution in [3.8, 4) is 11.8 Å². The molecule has 0 aliphatic carbocycles. The molecule has 0 unspecified atom stereocenters. The number of hydrogen-bond acceptors (Lipinski definition) is 3. The number of hydrogen-bond donors (Lipinski definition) is 0. The molecule has 78 valence electrons. The van der Waals surface area contributed by atoms with Crippen molar-refractivity contribution in [3.63, 3.8) is 0 Å². The molecule has 0 amide bonds. The minimum Gasteiger partial charge on any atom is -0.462 e. The standard InChI is InChI=1S/C11H10ClNO2/c1-2-15-11(14)10-6-9(4-3-5-12)7-13-8-10/h6-8H,2,5H2,1H3. The van der Waals surface area contributed by atoms with Crippen LogP contribution in [0.5, 0.6) is 0 Å². The summed E-state index contributed by atoms with van der Waals surface area (Å²) in [6.07, 6.45) is 3.02. The third-order valence-electron chi connectivity index (χ3n) is 1.55. The van der Waals surface area contributed by atoms with Crippen LogP contribution in [0.25, 0.3) is 0 Å². The number of ether oxygens (including phenoxy) is 1. The number of halogens is 1. The second kappa shape index (κ2) is 6.05. The van der Waals surface area contributed by atoms with Gasteiger partial charge >= 0.3 is 5.97 Å². The van der Waals surface area contributed by atoms with Crippen LogP contribution in [0.3, 0.4) is 0 Å². The van der Waals surface area contributed by atoms with Crippen LogP contribution >= 0.6 is 11.6 Å². The van der Waals surface area contributed by atoms with Crippen molar-refractivity contribution in [2.24, 2.45) is 0 Å². The maximum absolute atomic E-state index is 11.3. The van der Waals surface area contributed by atoms with Gasteiger partial charge in [-0.05, 0) is 13.0 Å². The maximum Gasteiger partial charge on any atom is 0.339 e. The van der Waals surface area contributed by atoms with Crippen LogP contribution in [0.15, 0.2) is 18.5 Å². The van der Waals surface area contributed by atoms with Gasteiger partial charge in [0.05, 0.1) is 18.1 Å². The van der Waals surface area contributed by atoms with Crippen LogP contribution in [0, 0.1) is 11.8 Å². The lowest BCUT2D eigenvalue weighted by atomic mass is 10.2. The first-order valence-corrected chi connectivity index (χ1v) is 4.98. The van der Waals surface area contributed by atoms with Gasteiger partial charge in [0.15, 0.2) is 0 Å². The topological polar surface area (TPSA) is 39.2 Å². The molecular formula is C11H10ClNO2. The second-order valence-corrected chi connectivity index (χ2v) is 2.89. The molecule has 0 aromatic carbocycles. The molecule has 0 saturated carbocycles. The minimum absolute atomic E-state index is 0.254. The molecule has 0 spiro atoms. The Morgan fingerprint density at radius 3 is 3.07 bits per heavy atom. The summed E-state index contributed by atoms with van der Waals surface area (Å²) in [6.45, 7) is 2.10. The van der Waals surface area contributed by atoms with Gasteiger partial charge < -0.3 is 4.74 Å². The zero-order chi connectivity index (χ0) is 11.1. The summed E-state index contributed by atoms with van der Waals surface area (Å²) < 4.78 is 4.83. The Labute approximate surface area is 93.4 Å². The van der Waals surface area contributed by atoms with Crippen molar-refractivity contribution in [1.29, 1.82) is 0 Å². The van der Waals surface area contributed by atoms with Crippen molar-refractivity contribution < 1.29 is 9.53 Å². The first kappa shape index (κ1) is 11.5. The number of carbonyl (C=O) groups excluding carboxylic acids is 1. The molecule has 0 bridgehead atoms. The van der Waals surface area contributed by atoms with Gasteiger partial charge in [0.1, 0.15) is 0 Å². The van der Waals surface area contributed by atoms with Crippen LogP contribution in [-0.4, -0.2) is 23.4 Å². The van der Waals surface area contributed by atoms with E-state index in [1.807, 2.05) is 0 Å². The number of carbonyl (C=O) groups is 1. The highest BCUT2D eigenvalue weighted by molar-refractivity contribution is 6.19. The predicted molar refractivity (Wildman–Crippen MR) is 57.8 cm³/mol. The van der Waals surface area contributed by atoms with Crippen molar-refractivity contribution in [1.82, 2.24) is 4.98 Å². The Morgan fingerprint density at radius 2 is 2.40 bits per heavy atom. The van der Waals surface area contributed by atoms with Gasteiger partial charge in [-0.3, -0.25) is 4.98 Å². The molecule has 1 heterocycles. The van der Waals surface area contributed by atoms with E-state index in [0.717, 1.165) is 0 Å². The summed E-state index contributed by atoms with van der Waals surface area (Å²) in [5, 5.41) is 0. The molecule has 15 heavy (non-hydrogen) atoms. The highest BCUT2D eigenvalue weighted by Gasteiger charge is 2.06. The largest absolute Gasteiger partial charge is 0.462 e. The van der Waals surface area contributed by atoms with E-state index in [-0.39, 0.29) is 11.8 Å². The van der Waals surface area contributed by atoms with E-state index >= 15 is 0 Å². The fourth-order valence-corrected chi connectivity index (χ4v) is 1.04. The molecule has 0 radical (unpaired) electrons. The Hall–Kier alpha value is -1.53. The van der Waals surface area contributed by atoms with E-state index in [4.69, 9.17) is 16.3 Å². The molecule has 1 rings (SSSR count). The SMILES string of the molecule is CCOC(=O)c1cncc(C#CCCl)c1. The lowest BCUT2D eigenvalue weighted by Gasteiger charge is -2.00. The lowest BCUT2D eigenvalue weighted by Crippen LogP contribution is -2.05. The smallest absolute Gasteiger partial charge is 0.339 e. The molecule has 0 saturated heterocycles. The normalized spacial score (nSPS) is 8.93. The Balaban J connectivity index is 2.87. The summed E-state index contributed by atoms with van der Waals surface area (Å²) in [7, 11) is 0. The molecule has 1 aromatic rings. The number of aromatic nitrogens is 1. The van der Waals surface area contributed by atoms with E-state index < -0.39 is 0 Å². The molecule has 4 heteroatoms. The van der Waals surface area contributed by atoms with Crippen LogP contribution < -0.4 is 0 Å². The summed E-state index contributed by atoms with van der Waals surface area (Å²) in [4.78, 5) is 15.2. The average molecular weight is 224 g/mol. The maximum atomic E-state index is 11.3. The number of nitrogens with zero attached hydrogens (tertiary/aromatic N) is 1. The average Bonchev–Trinajstić information content (AvgIpc) is 2.27. The monoisotopic (exact) mass is 223 g/mol. The lowest BCUT2D eigenvalue weighted by molar-refractivity contribution is 0.0526. The molecular weight excluding hydrogens is 214 g/mol. The van der Waals surface area contributed by atoms with Crippen molar-refractivity contribution in [2.75, 3.05) is 12.5 Å². The molecule has 0 aliphatic heterocycles. The zero-order valence-electron chi connectivity index (χ0n) is 8.29. The van der Waals surface area contributed by atoms with Gasteiger partial charge in [0.2, 0.25) is 0 Å².